The first-order valence-electron chi connectivity index (χ1n) is 11.8. The number of amides is 3. The van der Waals surface area contributed by atoms with Crippen LogP contribution in [0.1, 0.15) is 40.0 Å². The summed E-state index contributed by atoms with van der Waals surface area (Å²) < 4.78 is 5.39. The highest BCUT2D eigenvalue weighted by Crippen LogP contribution is 2.17. The molecule has 1 aliphatic heterocycles. The van der Waals surface area contributed by atoms with Crippen molar-refractivity contribution < 1.29 is 14.3 Å². The molecule has 1 saturated heterocycles. The van der Waals surface area contributed by atoms with Crippen LogP contribution in [0.25, 0.3) is 0 Å². The van der Waals surface area contributed by atoms with Gasteiger partial charge in [-0.15, -0.1) is 0 Å². The Labute approximate surface area is 205 Å². The summed E-state index contributed by atoms with van der Waals surface area (Å²) in [5, 5.41) is 8.65. The predicted molar refractivity (Wildman–Crippen MR) is 135 cm³/mol. The van der Waals surface area contributed by atoms with Crippen LogP contribution in [-0.4, -0.2) is 48.1 Å². The first kappa shape index (κ1) is 24.4. The molecule has 0 radical (unpaired) electrons. The average molecular weight is 474 g/mol. The molecule has 3 amide bonds. The molecule has 2 heterocycles. The quantitative estimate of drug-likeness (QED) is 0.463. The minimum atomic E-state index is -0.292. The molecule has 182 valence electrons. The summed E-state index contributed by atoms with van der Waals surface area (Å²) in [7, 11) is 0. The van der Waals surface area contributed by atoms with Gasteiger partial charge in [-0.1, -0.05) is 30.3 Å². The van der Waals surface area contributed by atoms with E-state index < -0.39 is 0 Å². The molecular formula is C27H31N5O3. The Morgan fingerprint density at radius 1 is 1.00 bits per heavy atom. The van der Waals surface area contributed by atoms with Gasteiger partial charge < -0.3 is 20.7 Å². The molecule has 0 unspecified atom stereocenters. The van der Waals surface area contributed by atoms with Crippen LogP contribution < -0.4 is 16.0 Å². The molecule has 0 spiro atoms. The van der Waals surface area contributed by atoms with Gasteiger partial charge in [-0.2, -0.15) is 0 Å². The lowest BCUT2D eigenvalue weighted by atomic mass is 10.1. The molecule has 8 heteroatoms. The van der Waals surface area contributed by atoms with Gasteiger partial charge in [-0.3, -0.25) is 14.7 Å². The number of hydrogen-bond acceptors (Lipinski definition) is 5. The molecular weight excluding hydrogens is 442 g/mol. The van der Waals surface area contributed by atoms with Gasteiger partial charge in [0.2, 0.25) is 0 Å². The third-order valence-electron chi connectivity index (χ3n) is 5.92. The monoisotopic (exact) mass is 473 g/mol. The predicted octanol–water partition coefficient (Wildman–Crippen LogP) is 3.73. The van der Waals surface area contributed by atoms with Crippen molar-refractivity contribution in [3.63, 3.8) is 0 Å². The van der Waals surface area contributed by atoms with Gasteiger partial charge in [0.25, 0.3) is 5.91 Å². The summed E-state index contributed by atoms with van der Waals surface area (Å²) in [5.74, 6) is -0.118. The number of nitrogens with zero attached hydrogens (tertiary/aromatic N) is 2. The van der Waals surface area contributed by atoms with Crippen molar-refractivity contribution in [3.05, 3.63) is 95.3 Å². The molecule has 4 rings (SSSR count). The lowest BCUT2D eigenvalue weighted by molar-refractivity contribution is 0.0342. The molecule has 1 atom stereocenters. The standard InChI is InChI=1S/C27H31N5O3/c1-20(30-26(33)24-6-4-21(5-7-24)19-32-13-15-35-16-14-32)23-8-10-25(11-9-23)31-27(34)29-18-22-3-2-12-28-17-22/h2-12,17,20H,13-16,18-19H2,1H3,(H,30,33)(H2,29,31,34)/t20-/m0/s1. The van der Waals surface area contributed by atoms with Crippen LogP contribution in [0.5, 0.6) is 0 Å². The van der Waals surface area contributed by atoms with Crippen LogP contribution in [0.15, 0.2) is 73.1 Å². The lowest BCUT2D eigenvalue weighted by Gasteiger charge is -2.26. The van der Waals surface area contributed by atoms with E-state index in [1.165, 1.54) is 5.56 Å². The van der Waals surface area contributed by atoms with Gasteiger partial charge in [-0.25, -0.2) is 4.79 Å². The average Bonchev–Trinajstić information content (AvgIpc) is 2.89. The summed E-state index contributed by atoms with van der Waals surface area (Å²) in [5.41, 5.74) is 4.36. The van der Waals surface area contributed by atoms with Crippen LogP contribution in [-0.2, 0) is 17.8 Å². The minimum Gasteiger partial charge on any atom is -0.379 e. The zero-order chi connectivity index (χ0) is 24.5. The Bertz CT molecular complexity index is 1100. The van der Waals surface area contributed by atoms with E-state index in [0.29, 0.717) is 17.8 Å². The van der Waals surface area contributed by atoms with Crippen molar-refractivity contribution in [1.29, 1.82) is 0 Å². The first-order valence-corrected chi connectivity index (χ1v) is 11.8. The Kier molecular flexibility index (Phi) is 8.43. The van der Waals surface area contributed by atoms with E-state index in [1.807, 2.05) is 67.6 Å². The van der Waals surface area contributed by atoms with Crippen molar-refractivity contribution in [2.45, 2.75) is 26.1 Å². The third-order valence-corrected chi connectivity index (χ3v) is 5.92. The molecule has 0 saturated carbocycles. The number of hydrogen-bond donors (Lipinski definition) is 3. The number of rotatable bonds is 8. The molecule has 3 N–H and O–H groups in total. The largest absolute Gasteiger partial charge is 0.379 e. The second-order valence-electron chi connectivity index (χ2n) is 8.57. The topological polar surface area (TPSA) is 95.6 Å². The number of ether oxygens (including phenoxy) is 1. The molecule has 8 nitrogen and oxygen atoms in total. The lowest BCUT2D eigenvalue weighted by Crippen LogP contribution is -2.35. The summed E-state index contributed by atoms with van der Waals surface area (Å²) >= 11 is 0. The van der Waals surface area contributed by atoms with Crippen LogP contribution >= 0.6 is 0 Å². The maximum Gasteiger partial charge on any atom is 0.319 e. The fourth-order valence-electron chi connectivity index (χ4n) is 3.86. The molecule has 1 aliphatic rings. The number of urea groups is 1. The summed E-state index contributed by atoms with van der Waals surface area (Å²) in [6, 6.07) is 18.5. The fourth-order valence-corrected chi connectivity index (χ4v) is 3.86. The zero-order valence-corrected chi connectivity index (χ0v) is 19.9. The van der Waals surface area contributed by atoms with E-state index in [0.717, 1.165) is 44.0 Å². The number of carbonyl (C=O) groups is 2. The highest BCUT2D eigenvalue weighted by atomic mass is 16.5. The smallest absolute Gasteiger partial charge is 0.319 e. The number of aromatic nitrogens is 1. The molecule has 2 aromatic carbocycles. The van der Waals surface area contributed by atoms with Crippen LogP contribution in [0, 0.1) is 0 Å². The maximum atomic E-state index is 12.7. The number of anilines is 1. The van der Waals surface area contributed by atoms with Crippen LogP contribution in [0.4, 0.5) is 10.5 Å². The van der Waals surface area contributed by atoms with E-state index in [1.54, 1.807) is 12.4 Å². The van der Waals surface area contributed by atoms with Crippen molar-refractivity contribution in [3.8, 4) is 0 Å². The minimum absolute atomic E-state index is 0.118. The van der Waals surface area contributed by atoms with Crippen LogP contribution in [0.2, 0.25) is 0 Å². The number of morpholine rings is 1. The summed E-state index contributed by atoms with van der Waals surface area (Å²) in [6.45, 7) is 6.62. The molecule has 0 aliphatic carbocycles. The Morgan fingerprint density at radius 2 is 1.74 bits per heavy atom. The number of benzene rings is 2. The van der Waals surface area contributed by atoms with Gasteiger partial charge in [-0.05, 0) is 53.9 Å². The van der Waals surface area contributed by atoms with E-state index in [2.05, 4.69) is 25.8 Å². The molecule has 1 fully saturated rings. The van der Waals surface area contributed by atoms with E-state index >= 15 is 0 Å². The highest BCUT2D eigenvalue weighted by molar-refractivity contribution is 5.94. The second kappa shape index (κ2) is 12.1. The fraction of sp³-hybridized carbons (Fsp3) is 0.296. The van der Waals surface area contributed by atoms with Gasteiger partial charge in [0.15, 0.2) is 0 Å². The maximum absolute atomic E-state index is 12.7. The Balaban J connectivity index is 1.24. The molecule has 0 bridgehead atoms. The van der Waals surface area contributed by atoms with Crippen molar-refractivity contribution in [2.75, 3.05) is 31.6 Å². The molecule has 35 heavy (non-hydrogen) atoms. The van der Waals surface area contributed by atoms with Crippen molar-refractivity contribution in [1.82, 2.24) is 20.5 Å². The van der Waals surface area contributed by atoms with E-state index in [-0.39, 0.29) is 18.0 Å². The molecule has 1 aromatic heterocycles. The third kappa shape index (κ3) is 7.37. The number of pyridine rings is 1. The van der Waals surface area contributed by atoms with Gasteiger partial charge >= 0.3 is 6.03 Å². The Morgan fingerprint density at radius 3 is 2.43 bits per heavy atom. The number of nitrogens with one attached hydrogen (secondary N) is 3. The van der Waals surface area contributed by atoms with Crippen LogP contribution in [0.3, 0.4) is 0 Å². The van der Waals surface area contributed by atoms with Gasteiger partial charge in [0, 0.05) is 49.8 Å². The van der Waals surface area contributed by atoms with Gasteiger partial charge in [0.1, 0.15) is 0 Å². The van der Waals surface area contributed by atoms with E-state index in [9.17, 15) is 9.59 Å². The zero-order valence-electron chi connectivity index (χ0n) is 19.9. The highest BCUT2D eigenvalue weighted by Gasteiger charge is 2.14. The normalized spacial score (nSPS) is 14.7. The SMILES string of the molecule is C[C@H](NC(=O)c1ccc(CN2CCOCC2)cc1)c1ccc(NC(=O)NCc2cccnc2)cc1. The Hall–Kier alpha value is -3.75. The van der Waals surface area contributed by atoms with E-state index in [4.69, 9.17) is 4.74 Å². The second-order valence-corrected chi connectivity index (χ2v) is 8.57. The van der Waals surface area contributed by atoms with Gasteiger partial charge in [0.05, 0.1) is 19.3 Å². The van der Waals surface area contributed by atoms with Crippen molar-refractivity contribution in [2.24, 2.45) is 0 Å². The number of carbonyl (C=O) groups excluding carboxylic acids is 2. The van der Waals surface area contributed by atoms with Crippen molar-refractivity contribution >= 4 is 17.6 Å². The first-order chi connectivity index (χ1) is 17.1. The summed E-state index contributed by atoms with van der Waals surface area (Å²) in [6.07, 6.45) is 3.41. The summed E-state index contributed by atoms with van der Waals surface area (Å²) in [4.78, 5) is 31.2. The molecule has 3 aromatic rings.